The molecule has 0 unspecified atom stereocenters. The SMILES string of the molecule is CS[C@@H]1CC[C@@H](N)C1. The molecule has 0 aromatic rings. The van der Waals surface area contributed by atoms with Crippen LogP contribution in [0.1, 0.15) is 19.3 Å². The Hall–Kier alpha value is 0.310. The molecule has 0 aliphatic heterocycles. The van der Waals surface area contributed by atoms with Crippen molar-refractivity contribution in [2.24, 2.45) is 5.73 Å². The van der Waals surface area contributed by atoms with E-state index in [0.29, 0.717) is 6.04 Å². The van der Waals surface area contributed by atoms with Crippen LogP contribution in [-0.2, 0) is 0 Å². The average molecular weight is 131 g/mol. The van der Waals surface area contributed by atoms with E-state index in [0.717, 1.165) is 5.25 Å². The number of rotatable bonds is 1. The standard InChI is InChI=1S/C6H13NS/c1-8-6-3-2-5(7)4-6/h5-6H,2-4,7H2,1H3/t5-,6-/m1/s1. The van der Waals surface area contributed by atoms with Crippen molar-refractivity contribution in [3.05, 3.63) is 0 Å². The highest BCUT2D eigenvalue weighted by molar-refractivity contribution is 7.99. The van der Waals surface area contributed by atoms with Crippen molar-refractivity contribution >= 4 is 11.8 Å². The Morgan fingerprint density at radius 3 is 2.50 bits per heavy atom. The lowest BCUT2D eigenvalue weighted by molar-refractivity contribution is 0.706. The first kappa shape index (κ1) is 6.43. The summed E-state index contributed by atoms with van der Waals surface area (Å²) < 4.78 is 0. The van der Waals surface area contributed by atoms with Crippen LogP contribution in [-0.4, -0.2) is 17.5 Å². The highest BCUT2D eigenvalue weighted by Crippen LogP contribution is 2.26. The fourth-order valence-electron chi connectivity index (χ4n) is 1.19. The Morgan fingerprint density at radius 2 is 2.25 bits per heavy atom. The zero-order valence-corrected chi connectivity index (χ0v) is 6.08. The van der Waals surface area contributed by atoms with Crippen molar-refractivity contribution in [3.8, 4) is 0 Å². The summed E-state index contributed by atoms with van der Waals surface area (Å²) in [6.45, 7) is 0. The van der Waals surface area contributed by atoms with Gasteiger partial charge >= 0.3 is 0 Å². The number of hydrogen-bond donors (Lipinski definition) is 1. The molecule has 1 aliphatic rings. The minimum atomic E-state index is 0.507. The minimum Gasteiger partial charge on any atom is -0.328 e. The van der Waals surface area contributed by atoms with Crippen LogP contribution in [0.25, 0.3) is 0 Å². The molecule has 1 fully saturated rings. The van der Waals surface area contributed by atoms with Crippen LogP contribution in [0.2, 0.25) is 0 Å². The molecule has 0 bridgehead atoms. The second-order valence-electron chi connectivity index (χ2n) is 2.43. The van der Waals surface area contributed by atoms with Gasteiger partial charge in [0.1, 0.15) is 0 Å². The molecule has 0 amide bonds. The van der Waals surface area contributed by atoms with Gasteiger partial charge in [-0.2, -0.15) is 11.8 Å². The van der Waals surface area contributed by atoms with Gasteiger partial charge in [0.15, 0.2) is 0 Å². The molecule has 0 aromatic carbocycles. The molecule has 1 saturated carbocycles. The molecule has 2 N–H and O–H groups in total. The first-order chi connectivity index (χ1) is 3.83. The van der Waals surface area contributed by atoms with Gasteiger partial charge in [0.25, 0.3) is 0 Å². The monoisotopic (exact) mass is 131 g/mol. The van der Waals surface area contributed by atoms with Crippen LogP contribution in [0.3, 0.4) is 0 Å². The first-order valence-corrected chi connectivity index (χ1v) is 4.40. The second kappa shape index (κ2) is 2.74. The molecule has 1 rings (SSSR count). The predicted octanol–water partition coefficient (Wildman–Crippen LogP) is 1.23. The molecule has 48 valence electrons. The fourth-order valence-corrected chi connectivity index (χ4v) is 2.00. The highest BCUT2D eigenvalue weighted by atomic mass is 32.2. The molecule has 2 atom stereocenters. The largest absolute Gasteiger partial charge is 0.328 e. The summed E-state index contributed by atoms with van der Waals surface area (Å²) in [7, 11) is 0. The number of hydrogen-bond acceptors (Lipinski definition) is 2. The second-order valence-corrected chi connectivity index (χ2v) is 3.57. The molecular weight excluding hydrogens is 118 g/mol. The van der Waals surface area contributed by atoms with Crippen molar-refractivity contribution in [1.82, 2.24) is 0 Å². The summed E-state index contributed by atoms with van der Waals surface area (Å²) in [5.74, 6) is 0. The van der Waals surface area contributed by atoms with Crippen LogP contribution >= 0.6 is 11.8 Å². The highest BCUT2D eigenvalue weighted by Gasteiger charge is 2.19. The van der Waals surface area contributed by atoms with Crippen LogP contribution in [0.4, 0.5) is 0 Å². The zero-order valence-electron chi connectivity index (χ0n) is 5.26. The van der Waals surface area contributed by atoms with Gasteiger partial charge in [0.05, 0.1) is 0 Å². The third-order valence-corrected chi connectivity index (χ3v) is 2.85. The van der Waals surface area contributed by atoms with E-state index in [2.05, 4.69) is 6.26 Å². The van der Waals surface area contributed by atoms with E-state index in [1.54, 1.807) is 0 Å². The minimum absolute atomic E-state index is 0.507. The normalized spacial score (nSPS) is 38.2. The van der Waals surface area contributed by atoms with E-state index >= 15 is 0 Å². The molecule has 0 aromatic heterocycles. The van der Waals surface area contributed by atoms with Gasteiger partial charge in [-0.3, -0.25) is 0 Å². The summed E-state index contributed by atoms with van der Waals surface area (Å²) >= 11 is 1.96. The van der Waals surface area contributed by atoms with Crippen molar-refractivity contribution in [1.29, 1.82) is 0 Å². The van der Waals surface area contributed by atoms with Gasteiger partial charge in [-0.25, -0.2) is 0 Å². The third kappa shape index (κ3) is 1.39. The van der Waals surface area contributed by atoms with Crippen LogP contribution in [0.15, 0.2) is 0 Å². The Labute approximate surface area is 55.0 Å². The van der Waals surface area contributed by atoms with Gasteiger partial charge in [-0.1, -0.05) is 0 Å². The van der Waals surface area contributed by atoms with Gasteiger partial charge in [0.2, 0.25) is 0 Å². The Bertz CT molecular complexity index is 74.9. The number of nitrogens with two attached hydrogens (primary N) is 1. The predicted molar refractivity (Wildman–Crippen MR) is 39.1 cm³/mol. The molecule has 8 heavy (non-hydrogen) atoms. The maximum absolute atomic E-state index is 5.69. The van der Waals surface area contributed by atoms with Crippen molar-refractivity contribution < 1.29 is 0 Å². The van der Waals surface area contributed by atoms with Crippen molar-refractivity contribution in [2.45, 2.75) is 30.6 Å². The average Bonchev–Trinajstić information content (AvgIpc) is 2.14. The molecule has 1 aliphatic carbocycles. The maximum atomic E-state index is 5.69. The van der Waals surface area contributed by atoms with E-state index in [1.807, 2.05) is 11.8 Å². The summed E-state index contributed by atoms with van der Waals surface area (Å²) in [4.78, 5) is 0. The Morgan fingerprint density at radius 1 is 1.50 bits per heavy atom. The lowest BCUT2D eigenvalue weighted by Gasteiger charge is -2.02. The van der Waals surface area contributed by atoms with E-state index in [9.17, 15) is 0 Å². The van der Waals surface area contributed by atoms with E-state index < -0.39 is 0 Å². The smallest absolute Gasteiger partial charge is 0.00595 e. The van der Waals surface area contributed by atoms with Crippen LogP contribution in [0.5, 0.6) is 0 Å². The molecule has 1 nitrogen and oxygen atoms in total. The van der Waals surface area contributed by atoms with Gasteiger partial charge in [0, 0.05) is 11.3 Å². The molecule has 0 saturated heterocycles. The maximum Gasteiger partial charge on any atom is 0.00595 e. The van der Waals surface area contributed by atoms with E-state index in [1.165, 1.54) is 19.3 Å². The lowest BCUT2D eigenvalue weighted by Crippen LogP contribution is -2.14. The summed E-state index contributed by atoms with van der Waals surface area (Å²) in [5.41, 5.74) is 5.69. The van der Waals surface area contributed by atoms with Crippen molar-refractivity contribution in [3.63, 3.8) is 0 Å². The summed E-state index contributed by atoms with van der Waals surface area (Å²) in [5, 5.41) is 0.866. The summed E-state index contributed by atoms with van der Waals surface area (Å²) in [6.07, 6.45) is 5.98. The molecule has 0 spiro atoms. The summed E-state index contributed by atoms with van der Waals surface area (Å²) in [6, 6.07) is 0.507. The topological polar surface area (TPSA) is 26.0 Å². The van der Waals surface area contributed by atoms with Gasteiger partial charge in [-0.15, -0.1) is 0 Å². The Balaban J connectivity index is 2.22. The molecular formula is C6H13NS. The molecule has 2 heteroatoms. The Kier molecular flexibility index (Phi) is 2.20. The molecule has 0 heterocycles. The third-order valence-electron chi connectivity index (χ3n) is 1.76. The van der Waals surface area contributed by atoms with Gasteiger partial charge < -0.3 is 5.73 Å². The first-order valence-electron chi connectivity index (χ1n) is 3.11. The van der Waals surface area contributed by atoms with E-state index in [-0.39, 0.29) is 0 Å². The molecule has 0 radical (unpaired) electrons. The van der Waals surface area contributed by atoms with Crippen LogP contribution < -0.4 is 5.73 Å². The number of thioether (sulfide) groups is 1. The van der Waals surface area contributed by atoms with Crippen LogP contribution in [0, 0.1) is 0 Å². The van der Waals surface area contributed by atoms with Gasteiger partial charge in [-0.05, 0) is 25.5 Å². The quantitative estimate of drug-likeness (QED) is 0.579. The fraction of sp³-hybridized carbons (Fsp3) is 1.00. The zero-order chi connectivity index (χ0) is 5.98. The van der Waals surface area contributed by atoms with Crippen molar-refractivity contribution in [2.75, 3.05) is 6.26 Å². The van der Waals surface area contributed by atoms with E-state index in [4.69, 9.17) is 5.73 Å². The lowest BCUT2D eigenvalue weighted by atomic mass is 10.3.